The van der Waals surface area contributed by atoms with Crippen LogP contribution in [0.3, 0.4) is 0 Å². The molecule has 0 saturated heterocycles. The minimum atomic E-state index is -3.66. The second-order valence-electron chi connectivity index (χ2n) is 8.74. The fourth-order valence-corrected chi connectivity index (χ4v) is 5.06. The average Bonchev–Trinajstić information content (AvgIpc) is 2.61. The summed E-state index contributed by atoms with van der Waals surface area (Å²) in [6, 6.07) is 11.8. The van der Waals surface area contributed by atoms with E-state index < -0.39 is 21.7 Å². The van der Waals surface area contributed by atoms with Crippen LogP contribution in [0, 0.1) is 13.8 Å². The number of aryl methyl sites for hydroxylation is 2. The first-order valence-corrected chi connectivity index (χ1v) is 11.9. The zero-order valence-corrected chi connectivity index (χ0v) is 19.2. The Labute approximate surface area is 179 Å². The molecule has 162 valence electrons. The maximum Gasteiger partial charge on any atom is 0.244 e. The highest BCUT2D eigenvalue weighted by atomic mass is 32.2. The number of fused-ring (bicyclic) bond motifs is 1. The Kier molecular flexibility index (Phi) is 5.87. The fraction of sp³-hybridized carbons (Fsp3) is 0.435. The number of nitrogens with one attached hydrogen (secondary N) is 1. The molecule has 6 nitrogen and oxygen atoms in total. The van der Waals surface area contributed by atoms with Gasteiger partial charge in [-0.3, -0.25) is 9.10 Å². The van der Waals surface area contributed by atoms with Crippen LogP contribution in [0.2, 0.25) is 0 Å². The SMILES string of the molecule is Cc1ccc(N([C@@H](C)C(=O)N[C@H]2CC(C)(C)Oc3cc(C)ccc32)S(C)(=O)=O)cc1. The first-order valence-electron chi connectivity index (χ1n) is 10.0. The number of amides is 1. The van der Waals surface area contributed by atoms with Gasteiger partial charge in [-0.2, -0.15) is 0 Å². The summed E-state index contributed by atoms with van der Waals surface area (Å²) in [6.45, 7) is 9.49. The molecule has 0 fully saturated rings. The second kappa shape index (κ2) is 7.95. The van der Waals surface area contributed by atoms with Crippen LogP contribution in [0.25, 0.3) is 0 Å². The van der Waals surface area contributed by atoms with Gasteiger partial charge in [0.25, 0.3) is 0 Å². The minimum absolute atomic E-state index is 0.265. The van der Waals surface area contributed by atoms with Gasteiger partial charge in [-0.05, 0) is 58.4 Å². The third kappa shape index (κ3) is 4.78. The van der Waals surface area contributed by atoms with Crippen molar-refractivity contribution in [2.45, 2.75) is 58.7 Å². The number of ether oxygens (including phenoxy) is 1. The van der Waals surface area contributed by atoms with Gasteiger partial charge in [-0.1, -0.05) is 29.8 Å². The highest BCUT2D eigenvalue weighted by Crippen LogP contribution is 2.40. The van der Waals surface area contributed by atoms with Crippen molar-refractivity contribution in [3.63, 3.8) is 0 Å². The van der Waals surface area contributed by atoms with Crippen LogP contribution >= 0.6 is 0 Å². The first-order chi connectivity index (χ1) is 13.9. The Morgan fingerprint density at radius 3 is 2.33 bits per heavy atom. The van der Waals surface area contributed by atoms with E-state index in [9.17, 15) is 13.2 Å². The summed E-state index contributed by atoms with van der Waals surface area (Å²) in [6.07, 6.45) is 1.71. The lowest BCUT2D eigenvalue weighted by molar-refractivity contribution is -0.123. The smallest absolute Gasteiger partial charge is 0.244 e. The van der Waals surface area contributed by atoms with Gasteiger partial charge in [0.1, 0.15) is 17.4 Å². The Morgan fingerprint density at radius 2 is 1.73 bits per heavy atom. The fourth-order valence-electron chi connectivity index (χ4n) is 3.88. The summed E-state index contributed by atoms with van der Waals surface area (Å²) in [5.74, 6) is 0.401. The highest BCUT2D eigenvalue weighted by Gasteiger charge is 2.37. The molecule has 0 aromatic heterocycles. The molecule has 0 saturated carbocycles. The number of hydrogen-bond acceptors (Lipinski definition) is 4. The number of benzene rings is 2. The summed E-state index contributed by atoms with van der Waals surface area (Å²) in [7, 11) is -3.66. The van der Waals surface area contributed by atoms with Gasteiger partial charge in [0.05, 0.1) is 18.0 Å². The molecule has 2 atom stereocenters. The van der Waals surface area contributed by atoms with Crippen LogP contribution in [0.15, 0.2) is 42.5 Å². The summed E-state index contributed by atoms with van der Waals surface area (Å²) < 4.78 is 32.3. The van der Waals surface area contributed by atoms with Gasteiger partial charge in [0.2, 0.25) is 15.9 Å². The summed E-state index contributed by atoms with van der Waals surface area (Å²) >= 11 is 0. The number of hydrogen-bond donors (Lipinski definition) is 1. The summed E-state index contributed by atoms with van der Waals surface area (Å²) in [5, 5.41) is 3.06. The predicted octanol–water partition coefficient (Wildman–Crippen LogP) is 3.88. The van der Waals surface area contributed by atoms with Crippen LogP contribution in [-0.4, -0.2) is 32.2 Å². The molecule has 7 heteroatoms. The molecule has 0 aliphatic carbocycles. The lowest BCUT2D eigenvalue weighted by atomic mass is 9.89. The molecule has 1 N–H and O–H groups in total. The van der Waals surface area contributed by atoms with E-state index in [2.05, 4.69) is 5.32 Å². The van der Waals surface area contributed by atoms with Gasteiger partial charge in [-0.25, -0.2) is 8.42 Å². The molecule has 1 aliphatic rings. The van der Waals surface area contributed by atoms with E-state index in [4.69, 9.17) is 4.74 Å². The molecule has 0 spiro atoms. The van der Waals surface area contributed by atoms with E-state index in [-0.39, 0.29) is 11.9 Å². The van der Waals surface area contributed by atoms with Gasteiger partial charge < -0.3 is 10.1 Å². The van der Waals surface area contributed by atoms with E-state index in [0.717, 1.165) is 28.7 Å². The van der Waals surface area contributed by atoms with E-state index in [0.29, 0.717) is 12.1 Å². The molecule has 2 aromatic carbocycles. The summed E-state index contributed by atoms with van der Waals surface area (Å²) in [4.78, 5) is 13.2. The van der Waals surface area contributed by atoms with E-state index in [1.165, 1.54) is 4.31 Å². The van der Waals surface area contributed by atoms with Crippen molar-refractivity contribution in [1.29, 1.82) is 0 Å². The molecule has 2 aromatic rings. The van der Waals surface area contributed by atoms with Crippen molar-refractivity contribution >= 4 is 21.6 Å². The molecule has 1 amide bonds. The number of anilines is 1. The Hall–Kier alpha value is -2.54. The van der Waals surface area contributed by atoms with Crippen molar-refractivity contribution in [1.82, 2.24) is 5.32 Å². The maximum absolute atomic E-state index is 13.2. The van der Waals surface area contributed by atoms with E-state index >= 15 is 0 Å². The predicted molar refractivity (Wildman–Crippen MR) is 119 cm³/mol. The van der Waals surface area contributed by atoms with Crippen LogP contribution in [-0.2, 0) is 14.8 Å². The quantitative estimate of drug-likeness (QED) is 0.781. The molecule has 0 radical (unpaired) electrons. The van der Waals surface area contributed by atoms with Crippen molar-refractivity contribution < 1.29 is 17.9 Å². The van der Waals surface area contributed by atoms with Crippen molar-refractivity contribution in [3.8, 4) is 5.75 Å². The third-order valence-electron chi connectivity index (χ3n) is 5.32. The van der Waals surface area contributed by atoms with E-state index in [1.807, 2.05) is 58.0 Å². The average molecular weight is 431 g/mol. The molecule has 0 bridgehead atoms. The van der Waals surface area contributed by atoms with Gasteiger partial charge in [-0.15, -0.1) is 0 Å². The van der Waals surface area contributed by atoms with Gasteiger partial charge in [0.15, 0.2) is 0 Å². The third-order valence-corrected chi connectivity index (χ3v) is 6.56. The standard InChI is InChI=1S/C23H30N2O4S/c1-15-7-10-18(11-8-15)25(30(6,27)28)17(3)22(26)24-20-14-23(4,5)29-21-13-16(2)9-12-19(20)21/h7-13,17,20H,14H2,1-6H3,(H,24,26)/t17-,20-/m0/s1. The van der Waals surface area contributed by atoms with Gasteiger partial charge in [0, 0.05) is 12.0 Å². The zero-order chi connectivity index (χ0) is 22.3. The van der Waals surface area contributed by atoms with Crippen LogP contribution < -0.4 is 14.4 Å². The number of sulfonamides is 1. The number of nitrogens with zero attached hydrogens (tertiary/aromatic N) is 1. The Balaban J connectivity index is 1.89. The van der Waals surface area contributed by atoms with Gasteiger partial charge >= 0.3 is 0 Å². The Morgan fingerprint density at radius 1 is 1.13 bits per heavy atom. The Bertz CT molecular complexity index is 1050. The molecular formula is C23H30N2O4S. The largest absolute Gasteiger partial charge is 0.487 e. The van der Waals surface area contributed by atoms with Crippen molar-refractivity contribution in [3.05, 3.63) is 59.2 Å². The van der Waals surface area contributed by atoms with Crippen molar-refractivity contribution in [2.75, 3.05) is 10.6 Å². The van der Waals surface area contributed by atoms with Crippen LogP contribution in [0.1, 0.15) is 49.9 Å². The number of rotatable bonds is 5. The molecule has 0 unspecified atom stereocenters. The molecule has 1 heterocycles. The topological polar surface area (TPSA) is 75.7 Å². The zero-order valence-electron chi connectivity index (χ0n) is 18.4. The molecule has 1 aliphatic heterocycles. The monoisotopic (exact) mass is 430 g/mol. The van der Waals surface area contributed by atoms with Crippen molar-refractivity contribution in [2.24, 2.45) is 0 Å². The van der Waals surface area contributed by atoms with Crippen LogP contribution in [0.4, 0.5) is 5.69 Å². The lowest BCUT2D eigenvalue weighted by Gasteiger charge is -2.39. The van der Waals surface area contributed by atoms with Crippen LogP contribution in [0.5, 0.6) is 5.75 Å². The number of carbonyl (C=O) groups excluding carboxylic acids is 1. The lowest BCUT2D eigenvalue weighted by Crippen LogP contribution is -2.50. The molecule has 3 rings (SSSR count). The highest BCUT2D eigenvalue weighted by molar-refractivity contribution is 7.92. The summed E-state index contributed by atoms with van der Waals surface area (Å²) in [5.41, 5.74) is 3.01. The van der Waals surface area contributed by atoms with E-state index in [1.54, 1.807) is 19.1 Å². The number of carbonyl (C=O) groups is 1. The molecular weight excluding hydrogens is 400 g/mol. The maximum atomic E-state index is 13.2. The minimum Gasteiger partial charge on any atom is -0.487 e. The second-order valence-corrected chi connectivity index (χ2v) is 10.6. The normalized spacial score (nSPS) is 18.7. The first kappa shape index (κ1) is 22.2. The molecule has 30 heavy (non-hydrogen) atoms.